The van der Waals surface area contributed by atoms with Crippen molar-refractivity contribution in [3.05, 3.63) is 28.2 Å². The number of hydrogen-bond acceptors (Lipinski definition) is 4. The number of carbonyl (C=O) groups is 1. The number of likely N-dealkylation sites (N-methyl/N-ethyl adjacent to an activating group) is 1. The molecule has 1 atom stereocenters. The van der Waals surface area contributed by atoms with E-state index in [0.717, 1.165) is 6.54 Å². The zero-order chi connectivity index (χ0) is 17.5. The molecule has 0 fully saturated rings. The van der Waals surface area contributed by atoms with E-state index in [-0.39, 0.29) is 39.9 Å². The quantitative estimate of drug-likeness (QED) is 0.608. The zero-order valence-electron chi connectivity index (χ0n) is 13.0. The standard InChI is InChI=1S/C14H21Cl2N3O3S/c1-3-17-10(2)9-18-13(20)7-8-19-23(21,22)14-11(15)5-4-6-12(14)16/h4-6,10,17,19H,3,7-9H2,1-2H3,(H,18,20)/t10-/m1/s1. The molecule has 1 aromatic carbocycles. The van der Waals surface area contributed by atoms with Gasteiger partial charge in [-0.05, 0) is 25.6 Å². The lowest BCUT2D eigenvalue weighted by atomic mass is 10.3. The molecule has 23 heavy (non-hydrogen) atoms. The zero-order valence-corrected chi connectivity index (χ0v) is 15.4. The molecule has 0 saturated carbocycles. The summed E-state index contributed by atoms with van der Waals surface area (Å²) in [5.41, 5.74) is 0. The number of carbonyl (C=O) groups excluding carboxylic acids is 1. The first-order valence-corrected chi connectivity index (χ1v) is 9.45. The topological polar surface area (TPSA) is 87.3 Å². The van der Waals surface area contributed by atoms with Crippen LogP contribution in [0.3, 0.4) is 0 Å². The monoisotopic (exact) mass is 381 g/mol. The van der Waals surface area contributed by atoms with Crippen molar-refractivity contribution in [2.24, 2.45) is 0 Å². The van der Waals surface area contributed by atoms with Gasteiger partial charge in [0.05, 0.1) is 10.0 Å². The van der Waals surface area contributed by atoms with Crippen LogP contribution in [0.4, 0.5) is 0 Å². The van der Waals surface area contributed by atoms with Crippen molar-refractivity contribution in [2.45, 2.75) is 31.2 Å². The Morgan fingerprint density at radius 2 is 1.87 bits per heavy atom. The van der Waals surface area contributed by atoms with Crippen LogP contribution >= 0.6 is 23.2 Å². The Labute approximate surface area is 147 Å². The Bertz CT molecular complexity index is 618. The van der Waals surface area contributed by atoms with Gasteiger partial charge >= 0.3 is 0 Å². The van der Waals surface area contributed by atoms with Crippen molar-refractivity contribution in [3.8, 4) is 0 Å². The first-order valence-electron chi connectivity index (χ1n) is 7.21. The fraction of sp³-hybridized carbons (Fsp3) is 0.500. The first kappa shape index (κ1) is 20.2. The molecule has 0 heterocycles. The van der Waals surface area contributed by atoms with Gasteiger partial charge in [-0.2, -0.15) is 0 Å². The molecule has 0 saturated heterocycles. The molecular weight excluding hydrogens is 361 g/mol. The maximum Gasteiger partial charge on any atom is 0.243 e. The van der Waals surface area contributed by atoms with Gasteiger partial charge in [-0.25, -0.2) is 13.1 Å². The van der Waals surface area contributed by atoms with Crippen molar-refractivity contribution < 1.29 is 13.2 Å². The van der Waals surface area contributed by atoms with Crippen molar-refractivity contribution >= 4 is 39.1 Å². The predicted molar refractivity (Wildman–Crippen MR) is 92.4 cm³/mol. The van der Waals surface area contributed by atoms with Crippen LogP contribution in [-0.2, 0) is 14.8 Å². The van der Waals surface area contributed by atoms with Crippen LogP contribution in [0.5, 0.6) is 0 Å². The third-order valence-corrected chi connectivity index (χ3v) is 5.41. The van der Waals surface area contributed by atoms with Crippen molar-refractivity contribution in [1.29, 1.82) is 0 Å². The number of amides is 1. The van der Waals surface area contributed by atoms with E-state index in [9.17, 15) is 13.2 Å². The lowest BCUT2D eigenvalue weighted by Gasteiger charge is -2.13. The maximum atomic E-state index is 12.2. The van der Waals surface area contributed by atoms with E-state index in [1.54, 1.807) is 6.07 Å². The summed E-state index contributed by atoms with van der Waals surface area (Å²) in [5.74, 6) is -0.234. The summed E-state index contributed by atoms with van der Waals surface area (Å²) in [4.78, 5) is 11.5. The highest BCUT2D eigenvalue weighted by Gasteiger charge is 2.21. The van der Waals surface area contributed by atoms with Gasteiger partial charge in [0.15, 0.2) is 0 Å². The second kappa shape index (κ2) is 9.44. The summed E-state index contributed by atoms with van der Waals surface area (Å²) in [5, 5.41) is 5.96. The van der Waals surface area contributed by atoms with Crippen LogP contribution < -0.4 is 15.4 Å². The fourth-order valence-electron chi connectivity index (χ4n) is 1.89. The highest BCUT2D eigenvalue weighted by atomic mass is 35.5. The van der Waals surface area contributed by atoms with Crippen LogP contribution in [0.25, 0.3) is 0 Å². The van der Waals surface area contributed by atoms with Gasteiger partial charge in [-0.15, -0.1) is 0 Å². The smallest absolute Gasteiger partial charge is 0.243 e. The largest absolute Gasteiger partial charge is 0.355 e. The molecular formula is C14H21Cl2N3O3S. The SMILES string of the molecule is CCN[C@H](C)CNC(=O)CCNS(=O)(=O)c1c(Cl)cccc1Cl. The van der Waals surface area contributed by atoms with E-state index < -0.39 is 10.0 Å². The summed E-state index contributed by atoms with van der Waals surface area (Å²) in [6.07, 6.45) is 0.0279. The molecule has 130 valence electrons. The van der Waals surface area contributed by atoms with Crippen LogP contribution in [-0.4, -0.2) is 40.0 Å². The van der Waals surface area contributed by atoms with Crippen LogP contribution in [0, 0.1) is 0 Å². The number of sulfonamides is 1. The molecule has 0 aliphatic carbocycles. The van der Waals surface area contributed by atoms with E-state index in [4.69, 9.17) is 23.2 Å². The molecule has 0 aromatic heterocycles. The summed E-state index contributed by atoms with van der Waals surface area (Å²) >= 11 is 11.8. The average molecular weight is 382 g/mol. The number of halogens is 2. The second-order valence-corrected chi connectivity index (χ2v) is 7.48. The third kappa shape index (κ3) is 6.64. The summed E-state index contributed by atoms with van der Waals surface area (Å²) in [6, 6.07) is 4.60. The van der Waals surface area contributed by atoms with Crippen molar-refractivity contribution in [1.82, 2.24) is 15.4 Å². The lowest BCUT2D eigenvalue weighted by Crippen LogP contribution is -2.39. The Morgan fingerprint density at radius 3 is 2.43 bits per heavy atom. The first-order chi connectivity index (χ1) is 10.8. The molecule has 3 N–H and O–H groups in total. The molecule has 9 heteroatoms. The van der Waals surface area contributed by atoms with E-state index in [2.05, 4.69) is 15.4 Å². The van der Waals surface area contributed by atoms with E-state index in [1.165, 1.54) is 12.1 Å². The number of hydrogen-bond donors (Lipinski definition) is 3. The molecule has 0 aliphatic heterocycles. The molecule has 0 aliphatic rings. The Hall–Kier alpha value is -0.860. The average Bonchev–Trinajstić information content (AvgIpc) is 2.44. The summed E-state index contributed by atoms with van der Waals surface area (Å²) in [6.45, 7) is 5.19. The minimum atomic E-state index is -3.86. The number of rotatable bonds is 9. The molecule has 0 bridgehead atoms. The van der Waals surface area contributed by atoms with Gasteiger partial charge in [0, 0.05) is 25.6 Å². The highest BCUT2D eigenvalue weighted by Crippen LogP contribution is 2.28. The predicted octanol–water partition coefficient (Wildman–Crippen LogP) is 1.78. The number of nitrogens with one attached hydrogen (secondary N) is 3. The fourth-order valence-corrected chi connectivity index (χ4v) is 4.06. The minimum absolute atomic E-state index is 0.0279. The van der Waals surface area contributed by atoms with Gasteiger partial charge in [-0.3, -0.25) is 4.79 Å². The normalized spacial score (nSPS) is 12.9. The van der Waals surface area contributed by atoms with Gasteiger partial charge < -0.3 is 10.6 Å². The van der Waals surface area contributed by atoms with Gasteiger partial charge in [-0.1, -0.05) is 36.2 Å². The molecule has 1 aromatic rings. The van der Waals surface area contributed by atoms with E-state index in [0.29, 0.717) is 6.54 Å². The van der Waals surface area contributed by atoms with Crippen LogP contribution in [0.1, 0.15) is 20.3 Å². The maximum absolute atomic E-state index is 12.2. The molecule has 0 spiro atoms. The van der Waals surface area contributed by atoms with Crippen LogP contribution in [0.2, 0.25) is 10.0 Å². The van der Waals surface area contributed by atoms with E-state index >= 15 is 0 Å². The Morgan fingerprint density at radius 1 is 1.26 bits per heavy atom. The van der Waals surface area contributed by atoms with Crippen LogP contribution in [0.15, 0.2) is 23.1 Å². The molecule has 0 unspecified atom stereocenters. The van der Waals surface area contributed by atoms with Crippen molar-refractivity contribution in [3.63, 3.8) is 0 Å². The van der Waals surface area contributed by atoms with Gasteiger partial charge in [0.1, 0.15) is 4.90 Å². The third-order valence-electron chi connectivity index (χ3n) is 2.99. The molecule has 1 rings (SSSR count). The van der Waals surface area contributed by atoms with E-state index in [1.807, 2.05) is 13.8 Å². The summed E-state index contributed by atoms with van der Waals surface area (Å²) in [7, 11) is -3.86. The van der Waals surface area contributed by atoms with Crippen molar-refractivity contribution in [2.75, 3.05) is 19.6 Å². The highest BCUT2D eigenvalue weighted by molar-refractivity contribution is 7.89. The molecule has 0 radical (unpaired) electrons. The Balaban J connectivity index is 2.50. The Kier molecular flexibility index (Phi) is 8.28. The van der Waals surface area contributed by atoms with Gasteiger partial charge in [0.2, 0.25) is 15.9 Å². The lowest BCUT2D eigenvalue weighted by molar-refractivity contribution is -0.121. The molecule has 1 amide bonds. The summed E-state index contributed by atoms with van der Waals surface area (Å²) < 4.78 is 26.7. The minimum Gasteiger partial charge on any atom is -0.355 e. The molecule has 6 nitrogen and oxygen atoms in total. The number of benzene rings is 1. The van der Waals surface area contributed by atoms with Gasteiger partial charge in [0.25, 0.3) is 0 Å². The second-order valence-electron chi connectivity index (χ2n) is 4.96.